The highest BCUT2D eigenvalue weighted by molar-refractivity contribution is 9.10. The number of hydrogen-bond donors (Lipinski definition) is 0. The van der Waals surface area contributed by atoms with Crippen LogP contribution in [-0.2, 0) is 11.4 Å². The molecule has 1 saturated heterocycles. The van der Waals surface area contributed by atoms with Crippen molar-refractivity contribution in [1.82, 2.24) is 0 Å². The molecule has 1 aliphatic rings. The number of amides is 2. The smallest absolute Gasteiger partial charge is 0.298 e. The number of anilines is 1. The van der Waals surface area contributed by atoms with E-state index in [4.69, 9.17) is 39.5 Å². The Bertz CT molecular complexity index is 1260. The van der Waals surface area contributed by atoms with Crippen LogP contribution in [-0.4, -0.2) is 11.1 Å². The van der Waals surface area contributed by atoms with Crippen LogP contribution in [0.3, 0.4) is 0 Å². The molecule has 0 spiro atoms. The molecule has 2 amide bonds. The van der Waals surface area contributed by atoms with Crippen LogP contribution in [0, 0.1) is 0 Å². The Morgan fingerprint density at radius 2 is 1.75 bits per heavy atom. The van der Waals surface area contributed by atoms with Crippen LogP contribution in [0.15, 0.2) is 70.0 Å². The van der Waals surface area contributed by atoms with Crippen molar-refractivity contribution in [3.8, 4) is 5.75 Å². The lowest BCUT2D eigenvalue weighted by Gasteiger charge is -2.13. The summed E-state index contributed by atoms with van der Waals surface area (Å²) in [6, 6.07) is 17.3. The van der Waals surface area contributed by atoms with Crippen LogP contribution < -0.4 is 9.64 Å². The minimum absolute atomic E-state index is 0.269. The van der Waals surface area contributed by atoms with Crippen molar-refractivity contribution in [3.63, 3.8) is 0 Å². The van der Waals surface area contributed by atoms with Crippen LogP contribution in [0.4, 0.5) is 10.5 Å². The topological polar surface area (TPSA) is 46.6 Å². The van der Waals surface area contributed by atoms with Gasteiger partial charge in [0.15, 0.2) is 0 Å². The highest BCUT2D eigenvalue weighted by Crippen LogP contribution is 2.39. The predicted molar refractivity (Wildman–Crippen MR) is 135 cm³/mol. The first-order chi connectivity index (χ1) is 15.3. The molecule has 0 saturated carbocycles. The second-order valence-corrected chi connectivity index (χ2v) is 9.78. The minimum atomic E-state index is -0.415. The molecule has 0 aromatic heterocycles. The van der Waals surface area contributed by atoms with E-state index >= 15 is 0 Å². The van der Waals surface area contributed by atoms with Crippen molar-refractivity contribution in [2.24, 2.45) is 0 Å². The Labute approximate surface area is 212 Å². The van der Waals surface area contributed by atoms with Gasteiger partial charge in [0.05, 0.1) is 20.1 Å². The normalized spacial score (nSPS) is 15.0. The summed E-state index contributed by atoms with van der Waals surface area (Å²) in [7, 11) is 0. The molecule has 9 heteroatoms. The SMILES string of the molecule is O=C1S/C(=C\c2ccc(OCc3ccc(Cl)cc3Cl)c(Br)c2)C(=O)N1c1ccccc1Cl. The highest BCUT2D eigenvalue weighted by atomic mass is 79.9. The van der Waals surface area contributed by atoms with E-state index < -0.39 is 11.1 Å². The zero-order valence-corrected chi connectivity index (χ0v) is 20.8. The quantitative estimate of drug-likeness (QED) is 0.291. The molecule has 3 aromatic carbocycles. The Hall–Kier alpha value is -1.96. The number of thioether (sulfide) groups is 1. The zero-order valence-electron chi connectivity index (χ0n) is 16.2. The monoisotopic (exact) mass is 567 g/mol. The van der Waals surface area contributed by atoms with Gasteiger partial charge in [0.2, 0.25) is 0 Å². The first kappa shape index (κ1) is 23.2. The van der Waals surface area contributed by atoms with Gasteiger partial charge < -0.3 is 4.74 Å². The Morgan fingerprint density at radius 1 is 0.969 bits per heavy atom. The molecule has 0 N–H and O–H groups in total. The average molecular weight is 570 g/mol. The maximum absolute atomic E-state index is 12.8. The molecule has 0 bridgehead atoms. The summed E-state index contributed by atoms with van der Waals surface area (Å²) in [6.07, 6.45) is 1.66. The molecule has 4 rings (SSSR count). The molecule has 1 aliphatic heterocycles. The fourth-order valence-electron chi connectivity index (χ4n) is 2.98. The molecule has 1 heterocycles. The number of nitrogens with zero attached hydrogens (tertiary/aromatic N) is 1. The van der Waals surface area contributed by atoms with Gasteiger partial charge >= 0.3 is 0 Å². The first-order valence-corrected chi connectivity index (χ1v) is 12.0. The number of carbonyl (C=O) groups is 2. The van der Waals surface area contributed by atoms with Gasteiger partial charge in [0.25, 0.3) is 11.1 Å². The van der Waals surface area contributed by atoms with E-state index in [-0.39, 0.29) is 6.61 Å². The summed E-state index contributed by atoms with van der Waals surface area (Å²) in [5, 5.41) is 1.03. The Morgan fingerprint density at radius 3 is 2.47 bits per heavy atom. The summed E-state index contributed by atoms with van der Waals surface area (Å²) in [6.45, 7) is 0.269. The van der Waals surface area contributed by atoms with Gasteiger partial charge in [-0.3, -0.25) is 9.59 Å². The Balaban J connectivity index is 1.51. The molecule has 4 nitrogen and oxygen atoms in total. The maximum Gasteiger partial charge on any atom is 0.298 e. The van der Waals surface area contributed by atoms with Gasteiger partial charge in [-0.2, -0.15) is 0 Å². The second kappa shape index (κ2) is 9.89. The lowest BCUT2D eigenvalue weighted by atomic mass is 10.2. The molecule has 0 atom stereocenters. The van der Waals surface area contributed by atoms with Gasteiger partial charge in [0, 0.05) is 15.6 Å². The van der Waals surface area contributed by atoms with Crippen molar-refractivity contribution < 1.29 is 14.3 Å². The van der Waals surface area contributed by atoms with Gasteiger partial charge in [-0.1, -0.05) is 59.1 Å². The zero-order chi connectivity index (χ0) is 22.8. The Kier molecular flexibility index (Phi) is 7.17. The maximum atomic E-state index is 12.8. The van der Waals surface area contributed by atoms with E-state index in [2.05, 4.69) is 15.9 Å². The third-order valence-corrected chi connectivity index (χ3v) is 6.93. The summed E-state index contributed by atoms with van der Waals surface area (Å²) in [4.78, 5) is 26.7. The molecule has 0 aliphatic carbocycles. The number of rotatable bonds is 5. The molecule has 3 aromatic rings. The fraction of sp³-hybridized carbons (Fsp3) is 0.0435. The van der Waals surface area contributed by atoms with Gasteiger partial charge in [-0.05, 0) is 75.7 Å². The van der Waals surface area contributed by atoms with E-state index in [1.807, 2.05) is 12.1 Å². The van der Waals surface area contributed by atoms with Crippen LogP contribution in [0.5, 0.6) is 5.75 Å². The van der Waals surface area contributed by atoms with Crippen molar-refractivity contribution in [2.45, 2.75) is 6.61 Å². The first-order valence-electron chi connectivity index (χ1n) is 9.22. The molecule has 0 radical (unpaired) electrons. The summed E-state index contributed by atoms with van der Waals surface area (Å²) >= 11 is 22.6. The van der Waals surface area contributed by atoms with E-state index in [1.165, 1.54) is 0 Å². The van der Waals surface area contributed by atoms with Gasteiger partial charge in [0.1, 0.15) is 12.4 Å². The summed E-state index contributed by atoms with van der Waals surface area (Å²) in [5.41, 5.74) is 1.91. The lowest BCUT2D eigenvalue weighted by Crippen LogP contribution is -2.27. The van der Waals surface area contributed by atoms with E-state index in [0.717, 1.165) is 27.8 Å². The van der Waals surface area contributed by atoms with Crippen LogP contribution >= 0.6 is 62.5 Å². The highest BCUT2D eigenvalue weighted by Gasteiger charge is 2.37. The number of benzene rings is 3. The fourth-order valence-corrected chi connectivity index (χ4v) is 5.01. The van der Waals surface area contributed by atoms with E-state index in [1.54, 1.807) is 54.6 Å². The van der Waals surface area contributed by atoms with Crippen LogP contribution in [0.2, 0.25) is 15.1 Å². The number of para-hydroxylation sites is 1. The van der Waals surface area contributed by atoms with Crippen LogP contribution in [0.25, 0.3) is 6.08 Å². The molecule has 162 valence electrons. The molecule has 1 fully saturated rings. The third-order valence-electron chi connectivity index (χ3n) is 4.54. The lowest BCUT2D eigenvalue weighted by molar-refractivity contribution is -0.113. The molecular formula is C23H13BrCl3NO3S. The number of imide groups is 1. The molecule has 0 unspecified atom stereocenters. The van der Waals surface area contributed by atoms with E-state index in [0.29, 0.717) is 35.9 Å². The largest absolute Gasteiger partial charge is 0.488 e. The van der Waals surface area contributed by atoms with Crippen molar-refractivity contribution in [3.05, 3.63) is 96.2 Å². The van der Waals surface area contributed by atoms with Gasteiger partial charge in [-0.25, -0.2) is 4.90 Å². The number of hydrogen-bond acceptors (Lipinski definition) is 4. The van der Waals surface area contributed by atoms with Crippen molar-refractivity contribution in [2.75, 3.05) is 4.90 Å². The minimum Gasteiger partial charge on any atom is -0.488 e. The molecule has 32 heavy (non-hydrogen) atoms. The predicted octanol–water partition coefficient (Wildman–Crippen LogP) is 8.23. The van der Waals surface area contributed by atoms with Crippen LogP contribution in [0.1, 0.15) is 11.1 Å². The average Bonchev–Trinajstić information content (AvgIpc) is 3.02. The number of ether oxygens (including phenoxy) is 1. The van der Waals surface area contributed by atoms with E-state index in [9.17, 15) is 9.59 Å². The van der Waals surface area contributed by atoms with Crippen molar-refractivity contribution in [1.29, 1.82) is 0 Å². The number of carbonyl (C=O) groups excluding carboxylic acids is 2. The second-order valence-electron chi connectivity index (χ2n) is 6.68. The van der Waals surface area contributed by atoms with Gasteiger partial charge in [-0.15, -0.1) is 0 Å². The van der Waals surface area contributed by atoms with Crippen molar-refractivity contribution >= 4 is 85.4 Å². The number of halogens is 4. The molecular weight excluding hydrogens is 557 g/mol. The summed E-state index contributed by atoms with van der Waals surface area (Å²) in [5.74, 6) is 0.194. The standard InChI is InChI=1S/C23H13BrCl3NO3S/c24-16-9-13(5-8-20(16)31-12-14-6-7-15(25)11-18(14)27)10-21-22(29)28(23(30)32-21)19-4-2-1-3-17(19)26/h1-11H,12H2/b21-10-. The summed E-state index contributed by atoms with van der Waals surface area (Å²) < 4.78 is 6.55. The third kappa shape index (κ3) is 5.00.